The second kappa shape index (κ2) is 10.8. The minimum Gasteiger partial charge on any atom is -0.383 e. The highest BCUT2D eigenvalue weighted by Crippen LogP contribution is 2.23. The van der Waals surface area contributed by atoms with Gasteiger partial charge in [0, 0.05) is 25.1 Å². The zero-order chi connectivity index (χ0) is 21.4. The average Bonchev–Trinajstić information content (AvgIpc) is 2.69. The van der Waals surface area contributed by atoms with Crippen LogP contribution < -0.4 is 21.9 Å². The van der Waals surface area contributed by atoms with Crippen molar-refractivity contribution in [3.8, 4) is 0 Å². The number of amides is 1. The van der Waals surface area contributed by atoms with Gasteiger partial charge in [0.15, 0.2) is 5.69 Å². The van der Waals surface area contributed by atoms with E-state index in [2.05, 4.69) is 4.98 Å². The summed E-state index contributed by atoms with van der Waals surface area (Å²) >= 11 is 1.02. The van der Waals surface area contributed by atoms with Crippen LogP contribution in [0.5, 0.6) is 0 Å². The molecule has 1 heterocycles. The monoisotopic (exact) mass is 424 g/mol. The van der Waals surface area contributed by atoms with E-state index in [9.17, 15) is 18.8 Å². The number of carbonyl (C=O) groups excluding carboxylic acids is 1. The molecule has 1 aromatic carbocycles. The van der Waals surface area contributed by atoms with Gasteiger partial charge >= 0.3 is 5.69 Å². The highest BCUT2D eigenvalue weighted by molar-refractivity contribution is 8.00. The maximum atomic E-state index is 13.8. The molecule has 2 rings (SSSR count). The van der Waals surface area contributed by atoms with E-state index < -0.39 is 23.0 Å². The Morgan fingerprint density at radius 2 is 2.07 bits per heavy atom. The van der Waals surface area contributed by atoms with E-state index in [1.54, 1.807) is 18.2 Å². The van der Waals surface area contributed by atoms with Crippen LogP contribution in [-0.4, -0.2) is 41.5 Å². The van der Waals surface area contributed by atoms with E-state index >= 15 is 0 Å². The Bertz CT molecular complexity index is 960. The van der Waals surface area contributed by atoms with Crippen LogP contribution in [0, 0.1) is 5.82 Å². The zero-order valence-electron chi connectivity index (χ0n) is 16.4. The van der Waals surface area contributed by atoms with Crippen LogP contribution in [0.15, 0.2) is 38.8 Å². The molecule has 0 aliphatic rings. The first-order valence-corrected chi connectivity index (χ1v) is 10.2. The molecule has 0 aliphatic carbocycles. The number of methoxy groups -OCH3 is 1. The Morgan fingerprint density at radius 1 is 1.34 bits per heavy atom. The molecule has 1 amide bonds. The highest BCUT2D eigenvalue weighted by Gasteiger charge is 2.24. The fourth-order valence-corrected chi connectivity index (χ4v) is 3.51. The fraction of sp³-hybridized carbons (Fsp3) is 0.421. The molecule has 0 radical (unpaired) electrons. The highest BCUT2D eigenvalue weighted by atomic mass is 32.2. The molecule has 0 unspecified atom stereocenters. The minimum absolute atomic E-state index is 0.0619. The summed E-state index contributed by atoms with van der Waals surface area (Å²) in [6.45, 7) is 2.50. The third kappa shape index (κ3) is 5.70. The number of rotatable bonds is 10. The summed E-state index contributed by atoms with van der Waals surface area (Å²) in [5.41, 5.74) is 4.64. The summed E-state index contributed by atoms with van der Waals surface area (Å²) in [4.78, 5) is 41.2. The molecule has 0 saturated heterocycles. The molecule has 0 spiro atoms. The van der Waals surface area contributed by atoms with E-state index in [1.807, 2.05) is 6.92 Å². The Balaban J connectivity index is 2.36. The van der Waals surface area contributed by atoms with Crippen molar-refractivity contribution in [3.63, 3.8) is 0 Å². The van der Waals surface area contributed by atoms with Gasteiger partial charge in [-0.3, -0.25) is 19.1 Å². The summed E-state index contributed by atoms with van der Waals surface area (Å²) in [6.07, 6.45) is 1.51. The van der Waals surface area contributed by atoms with Crippen LogP contribution >= 0.6 is 11.8 Å². The second-order valence-corrected chi connectivity index (χ2v) is 7.27. The van der Waals surface area contributed by atoms with Crippen LogP contribution in [0.2, 0.25) is 0 Å². The van der Waals surface area contributed by atoms with Gasteiger partial charge in [0.1, 0.15) is 11.6 Å². The van der Waals surface area contributed by atoms with Crippen molar-refractivity contribution >= 4 is 29.2 Å². The Morgan fingerprint density at radius 3 is 2.72 bits per heavy atom. The lowest BCUT2D eigenvalue weighted by atomic mass is 10.3. The Labute approximate surface area is 171 Å². The predicted molar refractivity (Wildman–Crippen MR) is 112 cm³/mol. The van der Waals surface area contributed by atoms with E-state index in [4.69, 9.17) is 10.5 Å². The van der Waals surface area contributed by atoms with Gasteiger partial charge in [-0.2, -0.15) is 0 Å². The lowest BCUT2D eigenvalue weighted by Gasteiger charge is -2.24. The smallest absolute Gasteiger partial charge is 0.330 e. The third-order valence-corrected chi connectivity index (χ3v) is 5.26. The van der Waals surface area contributed by atoms with Crippen molar-refractivity contribution < 1.29 is 13.9 Å². The van der Waals surface area contributed by atoms with Gasteiger partial charge in [-0.1, -0.05) is 25.5 Å². The number of ether oxygens (including phenoxy) is 1. The van der Waals surface area contributed by atoms with Crippen molar-refractivity contribution in [1.29, 1.82) is 0 Å². The number of hydrogen-bond donors (Lipinski definition) is 2. The zero-order valence-corrected chi connectivity index (χ0v) is 17.3. The number of nitrogens with two attached hydrogens (primary N) is 1. The van der Waals surface area contributed by atoms with Crippen LogP contribution in [0.25, 0.3) is 0 Å². The number of H-pyrrole nitrogens is 1. The number of thioether (sulfide) groups is 1. The number of benzene rings is 1. The molecule has 0 atom stereocenters. The van der Waals surface area contributed by atoms with E-state index in [0.717, 1.165) is 18.2 Å². The van der Waals surface area contributed by atoms with Gasteiger partial charge in [0.2, 0.25) is 5.91 Å². The standard InChI is InChI=1S/C19H25FN4O4S/c1-3-4-9-24-17(21)16(18(26)22-19(24)27)23(10-11-28-2)15(25)12-29-14-8-6-5-7-13(14)20/h5-8H,3-4,9-12,21H2,1-2H3,(H,22,26,27). The number of aromatic amines is 1. The van der Waals surface area contributed by atoms with Gasteiger partial charge in [0.05, 0.1) is 12.4 Å². The van der Waals surface area contributed by atoms with Crippen LogP contribution in [0.4, 0.5) is 15.9 Å². The molecule has 0 aliphatic heterocycles. The number of nitrogens with one attached hydrogen (secondary N) is 1. The first-order valence-electron chi connectivity index (χ1n) is 9.19. The Hall–Kier alpha value is -2.59. The van der Waals surface area contributed by atoms with E-state index in [-0.39, 0.29) is 30.4 Å². The molecular weight excluding hydrogens is 399 g/mol. The van der Waals surface area contributed by atoms with Crippen molar-refractivity contribution in [2.45, 2.75) is 31.2 Å². The topological polar surface area (TPSA) is 110 Å². The predicted octanol–water partition coefficient (Wildman–Crippen LogP) is 1.83. The molecule has 0 fully saturated rings. The van der Waals surface area contributed by atoms with E-state index in [0.29, 0.717) is 17.9 Å². The number of unbranched alkanes of at least 4 members (excludes halogenated alkanes) is 1. The molecular formula is C19H25FN4O4S. The van der Waals surface area contributed by atoms with Gasteiger partial charge in [0.25, 0.3) is 5.56 Å². The summed E-state index contributed by atoms with van der Waals surface area (Å²) in [7, 11) is 1.46. The molecule has 0 saturated carbocycles. The number of halogens is 1. The average molecular weight is 424 g/mol. The number of aromatic nitrogens is 2. The number of nitrogens with zero attached hydrogens (tertiary/aromatic N) is 2. The minimum atomic E-state index is -0.749. The first-order chi connectivity index (χ1) is 13.9. The van der Waals surface area contributed by atoms with Crippen LogP contribution in [-0.2, 0) is 16.1 Å². The summed E-state index contributed by atoms with van der Waals surface area (Å²) in [5, 5.41) is 0. The SMILES string of the molecule is CCCCn1c(N)c(N(CCOC)C(=O)CSc2ccccc2F)c(=O)[nH]c1=O. The molecule has 2 aromatic rings. The van der Waals surface area contributed by atoms with Crippen molar-refractivity contribution in [3.05, 3.63) is 50.9 Å². The maximum absolute atomic E-state index is 13.8. The molecule has 1 aromatic heterocycles. The van der Waals surface area contributed by atoms with Crippen LogP contribution in [0.1, 0.15) is 19.8 Å². The molecule has 10 heteroatoms. The number of hydrogen-bond acceptors (Lipinski definition) is 6. The molecule has 8 nitrogen and oxygen atoms in total. The van der Waals surface area contributed by atoms with Gasteiger partial charge in [-0.05, 0) is 18.6 Å². The van der Waals surface area contributed by atoms with Crippen molar-refractivity contribution in [2.75, 3.05) is 36.6 Å². The van der Waals surface area contributed by atoms with Gasteiger partial charge < -0.3 is 15.4 Å². The Kier molecular flexibility index (Phi) is 8.47. The number of anilines is 2. The summed E-state index contributed by atoms with van der Waals surface area (Å²) in [5.74, 6) is -1.07. The summed E-state index contributed by atoms with van der Waals surface area (Å²) < 4.78 is 20.1. The van der Waals surface area contributed by atoms with Gasteiger partial charge in [-0.15, -0.1) is 11.8 Å². The quantitative estimate of drug-likeness (QED) is 0.563. The number of nitrogen functional groups attached to an aromatic ring is 1. The molecule has 29 heavy (non-hydrogen) atoms. The van der Waals surface area contributed by atoms with Crippen molar-refractivity contribution in [2.24, 2.45) is 0 Å². The maximum Gasteiger partial charge on any atom is 0.330 e. The van der Waals surface area contributed by atoms with Crippen molar-refractivity contribution in [1.82, 2.24) is 9.55 Å². The third-order valence-electron chi connectivity index (χ3n) is 4.23. The normalized spacial score (nSPS) is 10.9. The summed E-state index contributed by atoms with van der Waals surface area (Å²) in [6, 6.07) is 6.11. The molecule has 3 N–H and O–H groups in total. The number of carbonyl (C=O) groups is 1. The first kappa shape index (κ1) is 22.7. The lowest BCUT2D eigenvalue weighted by Crippen LogP contribution is -2.43. The second-order valence-electron chi connectivity index (χ2n) is 6.26. The molecule has 0 bridgehead atoms. The largest absolute Gasteiger partial charge is 0.383 e. The van der Waals surface area contributed by atoms with E-state index in [1.165, 1.54) is 22.6 Å². The molecule has 158 valence electrons. The van der Waals surface area contributed by atoms with Crippen LogP contribution in [0.3, 0.4) is 0 Å². The lowest BCUT2D eigenvalue weighted by molar-refractivity contribution is -0.116. The van der Waals surface area contributed by atoms with Gasteiger partial charge in [-0.25, -0.2) is 9.18 Å². The fourth-order valence-electron chi connectivity index (χ4n) is 2.70.